The van der Waals surface area contributed by atoms with Crippen molar-refractivity contribution in [2.45, 2.75) is 25.4 Å². The standard InChI is InChI=1S/C6H11NO3/c7-10-6(8)4-5-2-1-3-9-5/h5H,1-4,7H2. The molecule has 0 aromatic carbocycles. The Kier molecular flexibility index (Phi) is 2.65. The van der Waals surface area contributed by atoms with E-state index >= 15 is 0 Å². The number of hydrogen-bond donors (Lipinski definition) is 1. The fourth-order valence-electron chi connectivity index (χ4n) is 1.04. The third-order valence-electron chi connectivity index (χ3n) is 1.55. The molecular weight excluding hydrogens is 134 g/mol. The van der Waals surface area contributed by atoms with E-state index in [0.29, 0.717) is 0 Å². The lowest BCUT2D eigenvalue weighted by Gasteiger charge is -2.05. The molecule has 0 bridgehead atoms. The van der Waals surface area contributed by atoms with Gasteiger partial charge in [0.25, 0.3) is 0 Å². The van der Waals surface area contributed by atoms with Gasteiger partial charge in [-0.05, 0) is 12.8 Å². The Morgan fingerprint density at radius 1 is 1.80 bits per heavy atom. The van der Waals surface area contributed by atoms with Crippen LogP contribution in [0.2, 0.25) is 0 Å². The summed E-state index contributed by atoms with van der Waals surface area (Å²) in [6.07, 6.45) is 2.30. The second kappa shape index (κ2) is 3.53. The van der Waals surface area contributed by atoms with E-state index < -0.39 is 5.97 Å². The molecule has 1 aliphatic heterocycles. The predicted octanol–water partition coefficient (Wildman–Crippen LogP) is -0.0276. The molecule has 4 heteroatoms. The van der Waals surface area contributed by atoms with Crippen molar-refractivity contribution < 1.29 is 14.4 Å². The zero-order valence-corrected chi connectivity index (χ0v) is 5.71. The summed E-state index contributed by atoms with van der Waals surface area (Å²) in [6.45, 7) is 0.752. The van der Waals surface area contributed by atoms with E-state index in [0.717, 1.165) is 19.4 Å². The van der Waals surface area contributed by atoms with E-state index in [1.807, 2.05) is 0 Å². The third kappa shape index (κ3) is 1.97. The number of rotatable bonds is 2. The van der Waals surface area contributed by atoms with Gasteiger partial charge in [-0.1, -0.05) is 0 Å². The minimum atomic E-state index is -0.396. The van der Waals surface area contributed by atoms with Crippen LogP contribution >= 0.6 is 0 Å². The molecule has 1 aliphatic rings. The van der Waals surface area contributed by atoms with Crippen LogP contribution in [0.5, 0.6) is 0 Å². The van der Waals surface area contributed by atoms with Crippen molar-refractivity contribution in [1.29, 1.82) is 0 Å². The second-order valence-electron chi connectivity index (χ2n) is 2.33. The van der Waals surface area contributed by atoms with Crippen LogP contribution in [0.4, 0.5) is 0 Å². The Morgan fingerprint density at radius 3 is 3.10 bits per heavy atom. The molecule has 0 spiro atoms. The number of carbonyl (C=O) groups is 1. The Labute approximate surface area is 59.2 Å². The SMILES string of the molecule is NOC(=O)CC1CCCO1. The normalized spacial score (nSPS) is 24.7. The summed E-state index contributed by atoms with van der Waals surface area (Å²) < 4.78 is 5.17. The van der Waals surface area contributed by atoms with Crippen molar-refractivity contribution in [1.82, 2.24) is 0 Å². The lowest BCUT2D eigenvalue weighted by atomic mass is 10.2. The summed E-state index contributed by atoms with van der Waals surface area (Å²) in [4.78, 5) is 14.5. The molecule has 0 radical (unpaired) electrons. The van der Waals surface area contributed by atoms with Gasteiger partial charge in [-0.2, -0.15) is 5.90 Å². The van der Waals surface area contributed by atoms with Crippen molar-refractivity contribution in [3.63, 3.8) is 0 Å². The molecule has 1 rings (SSSR count). The number of carbonyl (C=O) groups excluding carboxylic acids is 1. The quantitative estimate of drug-likeness (QED) is 0.554. The van der Waals surface area contributed by atoms with E-state index in [4.69, 9.17) is 4.74 Å². The minimum absolute atomic E-state index is 0.0380. The average molecular weight is 145 g/mol. The Bertz CT molecular complexity index is 120. The van der Waals surface area contributed by atoms with Crippen LogP contribution in [-0.4, -0.2) is 18.7 Å². The smallest absolute Gasteiger partial charge is 0.327 e. The highest BCUT2D eigenvalue weighted by Crippen LogP contribution is 2.14. The third-order valence-corrected chi connectivity index (χ3v) is 1.55. The van der Waals surface area contributed by atoms with Gasteiger partial charge in [0.2, 0.25) is 0 Å². The summed E-state index contributed by atoms with van der Waals surface area (Å²) in [5, 5.41) is 0. The molecule has 0 aromatic rings. The molecule has 2 N–H and O–H groups in total. The number of nitrogens with two attached hydrogens (primary N) is 1. The highest BCUT2D eigenvalue weighted by molar-refractivity contribution is 5.69. The first-order valence-corrected chi connectivity index (χ1v) is 3.34. The zero-order chi connectivity index (χ0) is 7.40. The van der Waals surface area contributed by atoms with E-state index in [-0.39, 0.29) is 12.5 Å². The molecule has 10 heavy (non-hydrogen) atoms. The lowest BCUT2D eigenvalue weighted by Crippen LogP contribution is -2.17. The largest absolute Gasteiger partial charge is 0.378 e. The molecule has 1 unspecified atom stereocenters. The van der Waals surface area contributed by atoms with E-state index in [1.165, 1.54) is 0 Å². The van der Waals surface area contributed by atoms with Crippen molar-refractivity contribution in [2.24, 2.45) is 5.90 Å². The van der Waals surface area contributed by atoms with E-state index in [2.05, 4.69) is 10.7 Å². The van der Waals surface area contributed by atoms with Crippen LogP contribution in [0.25, 0.3) is 0 Å². The van der Waals surface area contributed by atoms with E-state index in [1.54, 1.807) is 0 Å². The first kappa shape index (κ1) is 7.50. The van der Waals surface area contributed by atoms with Crippen molar-refractivity contribution in [3.8, 4) is 0 Å². The lowest BCUT2D eigenvalue weighted by molar-refractivity contribution is -0.146. The molecule has 1 fully saturated rings. The fraction of sp³-hybridized carbons (Fsp3) is 0.833. The van der Waals surface area contributed by atoms with Crippen LogP contribution in [0, 0.1) is 0 Å². The van der Waals surface area contributed by atoms with Gasteiger partial charge in [-0.3, -0.25) is 4.79 Å². The monoisotopic (exact) mass is 145 g/mol. The molecule has 1 atom stereocenters. The highest BCUT2D eigenvalue weighted by atomic mass is 16.7. The topological polar surface area (TPSA) is 61.5 Å². The first-order valence-electron chi connectivity index (χ1n) is 3.34. The van der Waals surface area contributed by atoms with Crippen molar-refractivity contribution in [2.75, 3.05) is 6.61 Å². The molecule has 0 amide bonds. The van der Waals surface area contributed by atoms with Gasteiger partial charge >= 0.3 is 5.97 Å². The Balaban J connectivity index is 2.17. The van der Waals surface area contributed by atoms with Gasteiger partial charge in [0.05, 0.1) is 12.5 Å². The van der Waals surface area contributed by atoms with Crippen LogP contribution in [0.3, 0.4) is 0 Å². The maximum absolute atomic E-state index is 10.5. The van der Waals surface area contributed by atoms with Gasteiger partial charge in [0.1, 0.15) is 0 Å². The Hall–Kier alpha value is -0.610. The molecule has 1 heterocycles. The molecule has 58 valence electrons. The van der Waals surface area contributed by atoms with Crippen LogP contribution in [-0.2, 0) is 14.4 Å². The van der Waals surface area contributed by atoms with Crippen LogP contribution in [0.15, 0.2) is 0 Å². The van der Waals surface area contributed by atoms with E-state index in [9.17, 15) is 4.79 Å². The van der Waals surface area contributed by atoms with Gasteiger partial charge in [-0.25, -0.2) is 0 Å². The zero-order valence-electron chi connectivity index (χ0n) is 5.71. The van der Waals surface area contributed by atoms with Gasteiger partial charge in [0, 0.05) is 6.61 Å². The van der Waals surface area contributed by atoms with Crippen molar-refractivity contribution in [3.05, 3.63) is 0 Å². The summed E-state index contributed by atoms with van der Waals surface area (Å²) in [5.41, 5.74) is 0. The molecule has 0 aromatic heterocycles. The molecule has 0 saturated carbocycles. The fourth-order valence-corrected chi connectivity index (χ4v) is 1.04. The summed E-state index contributed by atoms with van der Waals surface area (Å²) >= 11 is 0. The average Bonchev–Trinajstić information content (AvgIpc) is 2.40. The molecule has 0 aliphatic carbocycles. The second-order valence-corrected chi connectivity index (χ2v) is 2.33. The molecular formula is C6H11NO3. The Morgan fingerprint density at radius 2 is 2.60 bits per heavy atom. The molecule has 1 saturated heterocycles. The van der Waals surface area contributed by atoms with Crippen molar-refractivity contribution >= 4 is 5.97 Å². The number of ether oxygens (including phenoxy) is 1. The molecule has 4 nitrogen and oxygen atoms in total. The first-order chi connectivity index (χ1) is 4.83. The van der Waals surface area contributed by atoms with Gasteiger partial charge < -0.3 is 9.57 Å². The number of hydrogen-bond acceptors (Lipinski definition) is 4. The summed E-state index contributed by atoms with van der Waals surface area (Å²) in [6, 6.07) is 0. The minimum Gasteiger partial charge on any atom is -0.378 e. The maximum atomic E-state index is 10.5. The van der Waals surface area contributed by atoms with Gasteiger partial charge in [0.15, 0.2) is 0 Å². The predicted molar refractivity (Wildman–Crippen MR) is 33.9 cm³/mol. The van der Waals surface area contributed by atoms with Crippen LogP contribution in [0.1, 0.15) is 19.3 Å². The van der Waals surface area contributed by atoms with Gasteiger partial charge in [-0.15, -0.1) is 0 Å². The van der Waals surface area contributed by atoms with Crippen LogP contribution < -0.4 is 5.90 Å². The summed E-state index contributed by atoms with van der Waals surface area (Å²) in [7, 11) is 0. The highest BCUT2D eigenvalue weighted by Gasteiger charge is 2.19. The maximum Gasteiger partial charge on any atom is 0.327 e. The summed E-state index contributed by atoms with van der Waals surface area (Å²) in [5.74, 6) is 4.25.